The quantitative estimate of drug-likeness (QED) is 0.904. The number of benzene rings is 1. The van der Waals surface area contributed by atoms with E-state index in [2.05, 4.69) is 16.4 Å². The molecule has 2 heterocycles. The maximum absolute atomic E-state index is 12.6. The summed E-state index contributed by atoms with van der Waals surface area (Å²) < 4.78 is 0. The first kappa shape index (κ1) is 17.1. The molecule has 5 nitrogen and oxygen atoms in total. The van der Waals surface area contributed by atoms with E-state index in [1.165, 1.54) is 5.56 Å². The molecule has 1 atom stereocenters. The Morgan fingerprint density at radius 3 is 2.96 bits per heavy atom. The molecule has 1 aromatic heterocycles. The van der Waals surface area contributed by atoms with Gasteiger partial charge in [-0.05, 0) is 45.0 Å². The maximum Gasteiger partial charge on any atom is 0.241 e. The molecule has 0 radical (unpaired) electrons. The van der Waals surface area contributed by atoms with Gasteiger partial charge in [-0.2, -0.15) is 0 Å². The smallest absolute Gasteiger partial charge is 0.241 e. The second kappa shape index (κ2) is 7.01. The van der Waals surface area contributed by atoms with Crippen molar-refractivity contribution in [2.75, 3.05) is 31.6 Å². The lowest BCUT2D eigenvalue weighted by Crippen LogP contribution is -2.42. The Balaban J connectivity index is 1.76. The SMILES string of the molecule is Cc1nc(-c2ccc3c(c2)CCN3C(=O)CN(C)C(C)CO)cs1. The van der Waals surface area contributed by atoms with E-state index in [0.29, 0.717) is 6.54 Å². The molecule has 2 aromatic rings. The molecule has 0 saturated carbocycles. The number of aliphatic hydroxyl groups excluding tert-OH is 1. The van der Waals surface area contributed by atoms with Crippen molar-refractivity contribution in [3.8, 4) is 11.3 Å². The van der Waals surface area contributed by atoms with Crippen LogP contribution in [-0.2, 0) is 11.2 Å². The van der Waals surface area contributed by atoms with Crippen LogP contribution in [0, 0.1) is 6.92 Å². The molecule has 0 saturated heterocycles. The van der Waals surface area contributed by atoms with Crippen LogP contribution in [0.15, 0.2) is 23.6 Å². The van der Waals surface area contributed by atoms with Gasteiger partial charge in [-0.25, -0.2) is 4.98 Å². The molecule has 6 heteroatoms. The van der Waals surface area contributed by atoms with E-state index in [0.717, 1.165) is 34.9 Å². The Morgan fingerprint density at radius 2 is 2.29 bits per heavy atom. The topological polar surface area (TPSA) is 56.7 Å². The van der Waals surface area contributed by atoms with Crippen LogP contribution in [-0.4, -0.2) is 53.7 Å². The highest BCUT2D eigenvalue weighted by molar-refractivity contribution is 7.09. The molecule has 0 bridgehead atoms. The van der Waals surface area contributed by atoms with Crippen molar-refractivity contribution in [1.82, 2.24) is 9.88 Å². The molecule has 1 aromatic carbocycles. The number of carbonyl (C=O) groups is 1. The van der Waals surface area contributed by atoms with Crippen molar-refractivity contribution in [1.29, 1.82) is 0 Å². The molecule has 1 unspecified atom stereocenters. The van der Waals surface area contributed by atoms with Gasteiger partial charge in [-0.3, -0.25) is 9.69 Å². The fourth-order valence-corrected chi connectivity index (χ4v) is 3.53. The summed E-state index contributed by atoms with van der Waals surface area (Å²) in [7, 11) is 1.86. The minimum absolute atomic E-state index is 0.0219. The number of nitrogens with zero attached hydrogens (tertiary/aromatic N) is 3. The van der Waals surface area contributed by atoms with E-state index in [1.54, 1.807) is 11.3 Å². The number of anilines is 1. The molecule has 3 rings (SSSR count). The van der Waals surface area contributed by atoms with Crippen LogP contribution in [0.2, 0.25) is 0 Å². The molecule has 24 heavy (non-hydrogen) atoms. The Kier molecular flexibility index (Phi) is 4.99. The summed E-state index contributed by atoms with van der Waals surface area (Å²) in [5.41, 5.74) is 4.31. The molecule has 0 aliphatic carbocycles. The molecular formula is C18H23N3O2S. The summed E-state index contributed by atoms with van der Waals surface area (Å²) in [6, 6.07) is 6.20. The van der Waals surface area contributed by atoms with Crippen molar-refractivity contribution in [2.45, 2.75) is 26.3 Å². The predicted molar refractivity (Wildman–Crippen MR) is 97.5 cm³/mol. The first-order chi connectivity index (χ1) is 11.5. The highest BCUT2D eigenvalue weighted by atomic mass is 32.1. The Bertz CT molecular complexity index is 744. The molecule has 0 fully saturated rings. The van der Waals surface area contributed by atoms with Gasteiger partial charge in [-0.15, -0.1) is 11.3 Å². The Labute approximate surface area is 146 Å². The van der Waals surface area contributed by atoms with Gasteiger partial charge in [0, 0.05) is 29.2 Å². The largest absolute Gasteiger partial charge is 0.395 e. The summed E-state index contributed by atoms with van der Waals surface area (Å²) in [4.78, 5) is 20.9. The van der Waals surface area contributed by atoms with E-state index in [-0.39, 0.29) is 18.6 Å². The molecule has 1 amide bonds. The average molecular weight is 345 g/mol. The number of hydrogen-bond donors (Lipinski definition) is 1. The number of likely N-dealkylation sites (N-methyl/N-ethyl adjacent to an activating group) is 1. The van der Waals surface area contributed by atoms with Gasteiger partial charge in [-0.1, -0.05) is 6.07 Å². The summed E-state index contributed by atoms with van der Waals surface area (Å²) in [6.07, 6.45) is 0.872. The van der Waals surface area contributed by atoms with Crippen LogP contribution in [0.1, 0.15) is 17.5 Å². The summed E-state index contributed by atoms with van der Waals surface area (Å²) >= 11 is 1.65. The van der Waals surface area contributed by atoms with E-state index < -0.39 is 0 Å². The first-order valence-electron chi connectivity index (χ1n) is 8.16. The van der Waals surface area contributed by atoms with Gasteiger partial charge in [0.2, 0.25) is 5.91 Å². The average Bonchev–Trinajstić information content (AvgIpc) is 3.19. The van der Waals surface area contributed by atoms with Crippen LogP contribution in [0.25, 0.3) is 11.3 Å². The van der Waals surface area contributed by atoms with Crippen LogP contribution in [0.4, 0.5) is 5.69 Å². The van der Waals surface area contributed by atoms with Gasteiger partial charge >= 0.3 is 0 Å². The highest BCUT2D eigenvalue weighted by Crippen LogP contribution is 2.32. The summed E-state index contributed by atoms with van der Waals surface area (Å²) in [5.74, 6) is 0.0776. The number of rotatable bonds is 5. The first-order valence-corrected chi connectivity index (χ1v) is 9.04. The van der Waals surface area contributed by atoms with Crippen LogP contribution in [0.3, 0.4) is 0 Å². The van der Waals surface area contributed by atoms with Crippen molar-refractivity contribution in [3.63, 3.8) is 0 Å². The Hall–Kier alpha value is -1.76. The van der Waals surface area contributed by atoms with E-state index in [1.807, 2.05) is 42.8 Å². The van der Waals surface area contributed by atoms with E-state index >= 15 is 0 Å². The number of aryl methyl sites for hydroxylation is 1. The number of hydrogen-bond acceptors (Lipinski definition) is 5. The number of thiazole rings is 1. The zero-order valence-electron chi connectivity index (χ0n) is 14.3. The third kappa shape index (κ3) is 3.36. The molecule has 128 valence electrons. The number of fused-ring (bicyclic) bond motifs is 1. The number of carbonyl (C=O) groups excluding carboxylic acids is 1. The van der Waals surface area contributed by atoms with Gasteiger partial charge in [0.15, 0.2) is 0 Å². The Morgan fingerprint density at radius 1 is 1.50 bits per heavy atom. The van der Waals surface area contributed by atoms with Crippen molar-refractivity contribution in [3.05, 3.63) is 34.2 Å². The molecule has 1 aliphatic heterocycles. The van der Waals surface area contributed by atoms with Crippen LogP contribution < -0.4 is 4.90 Å². The van der Waals surface area contributed by atoms with Crippen molar-refractivity contribution < 1.29 is 9.90 Å². The lowest BCUT2D eigenvalue weighted by molar-refractivity contribution is -0.119. The van der Waals surface area contributed by atoms with Crippen molar-refractivity contribution >= 4 is 22.9 Å². The van der Waals surface area contributed by atoms with E-state index in [9.17, 15) is 9.90 Å². The third-order valence-corrected chi connectivity index (χ3v) is 5.37. The molecule has 1 aliphatic rings. The highest BCUT2D eigenvalue weighted by Gasteiger charge is 2.26. The fourth-order valence-electron chi connectivity index (χ4n) is 2.91. The fraction of sp³-hybridized carbons (Fsp3) is 0.444. The van der Waals surface area contributed by atoms with Crippen molar-refractivity contribution in [2.24, 2.45) is 0 Å². The zero-order chi connectivity index (χ0) is 17.3. The molecular weight excluding hydrogens is 322 g/mol. The van der Waals surface area contributed by atoms with Gasteiger partial charge in [0.1, 0.15) is 0 Å². The lowest BCUT2D eigenvalue weighted by Gasteiger charge is -2.25. The number of aromatic nitrogens is 1. The second-order valence-electron chi connectivity index (χ2n) is 6.34. The summed E-state index contributed by atoms with van der Waals surface area (Å²) in [5, 5.41) is 12.3. The normalized spacial score (nSPS) is 15.0. The predicted octanol–water partition coefficient (Wildman–Crippen LogP) is 2.32. The van der Waals surface area contributed by atoms with E-state index in [4.69, 9.17) is 0 Å². The monoisotopic (exact) mass is 345 g/mol. The maximum atomic E-state index is 12.6. The van der Waals surface area contributed by atoms with Crippen LogP contribution >= 0.6 is 11.3 Å². The zero-order valence-corrected chi connectivity index (χ0v) is 15.1. The minimum Gasteiger partial charge on any atom is -0.395 e. The summed E-state index contributed by atoms with van der Waals surface area (Å²) in [6.45, 7) is 5.00. The van der Waals surface area contributed by atoms with Gasteiger partial charge < -0.3 is 10.0 Å². The minimum atomic E-state index is -0.0219. The molecule has 1 N–H and O–H groups in total. The standard InChI is InChI=1S/C18H23N3O2S/c1-12(10-22)20(3)9-18(23)21-7-6-15-8-14(4-5-17(15)21)16-11-24-13(2)19-16/h4-5,8,11-12,22H,6-7,9-10H2,1-3H3. The van der Waals surface area contributed by atoms with Gasteiger partial charge in [0.25, 0.3) is 0 Å². The second-order valence-corrected chi connectivity index (χ2v) is 7.40. The van der Waals surface area contributed by atoms with Gasteiger partial charge in [0.05, 0.1) is 23.9 Å². The number of aliphatic hydroxyl groups is 1. The molecule has 0 spiro atoms. The third-order valence-electron chi connectivity index (χ3n) is 4.59. The lowest BCUT2D eigenvalue weighted by atomic mass is 10.1. The van der Waals surface area contributed by atoms with Crippen LogP contribution in [0.5, 0.6) is 0 Å². The number of amides is 1.